The molecule has 2 rings (SSSR count). The van der Waals surface area contributed by atoms with Gasteiger partial charge in [0.15, 0.2) is 0 Å². The number of hydrogen-bond acceptors (Lipinski definition) is 2. The zero-order valence-electron chi connectivity index (χ0n) is 10.4. The summed E-state index contributed by atoms with van der Waals surface area (Å²) in [6.07, 6.45) is 0. The minimum Gasteiger partial charge on any atom is -0.381 e. The first kappa shape index (κ1) is 12.5. The van der Waals surface area contributed by atoms with Crippen molar-refractivity contribution in [2.24, 2.45) is 5.92 Å². The maximum atomic E-state index is 13.2. The van der Waals surface area contributed by atoms with Crippen LogP contribution in [-0.2, 0) is 17.2 Å². The molecule has 0 radical (unpaired) electrons. The summed E-state index contributed by atoms with van der Waals surface area (Å²) in [6.45, 7) is 6.94. The molecule has 17 heavy (non-hydrogen) atoms. The van der Waals surface area contributed by atoms with Gasteiger partial charge in [-0.25, -0.2) is 0 Å². The van der Waals surface area contributed by atoms with E-state index in [0.717, 1.165) is 12.6 Å². The molecule has 96 valence electrons. The minimum absolute atomic E-state index is 0.138. The van der Waals surface area contributed by atoms with Crippen LogP contribution in [0, 0.1) is 5.92 Å². The van der Waals surface area contributed by atoms with Crippen LogP contribution in [0.3, 0.4) is 0 Å². The molecule has 1 fully saturated rings. The average molecular weight is 244 g/mol. The van der Waals surface area contributed by atoms with E-state index in [1.165, 1.54) is 6.07 Å². The van der Waals surface area contributed by atoms with E-state index >= 15 is 0 Å². The van der Waals surface area contributed by atoms with E-state index in [1.54, 1.807) is 4.68 Å². The van der Waals surface area contributed by atoms with Crippen LogP contribution in [0.1, 0.15) is 38.1 Å². The van der Waals surface area contributed by atoms with Crippen molar-refractivity contribution in [3.05, 3.63) is 17.5 Å². The lowest BCUT2D eigenvalue weighted by Crippen LogP contribution is -2.32. The Kier molecular flexibility index (Phi) is 3.21. The van der Waals surface area contributed by atoms with Crippen molar-refractivity contribution in [1.82, 2.24) is 9.78 Å². The van der Waals surface area contributed by atoms with Crippen molar-refractivity contribution >= 4 is 0 Å². The minimum atomic E-state index is -2.87. The Morgan fingerprint density at radius 3 is 2.59 bits per heavy atom. The van der Waals surface area contributed by atoms with Crippen molar-refractivity contribution in [2.45, 2.75) is 39.2 Å². The topological polar surface area (TPSA) is 27.1 Å². The number of alkyl halides is 2. The molecule has 2 heterocycles. The standard InChI is InChI=1S/C12H18F2N2O/c1-8(2)10-4-11(12(3,13)14)15-16(10)5-9-6-17-7-9/h4,8-9H,5-7H2,1-3H3. The van der Waals surface area contributed by atoms with Crippen LogP contribution in [-0.4, -0.2) is 23.0 Å². The summed E-state index contributed by atoms with van der Waals surface area (Å²) in [5, 5.41) is 4.04. The Balaban J connectivity index is 2.24. The highest BCUT2D eigenvalue weighted by Crippen LogP contribution is 2.29. The van der Waals surface area contributed by atoms with Gasteiger partial charge in [-0.1, -0.05) is 13.8 Å². The molecule has 0 unspecified atom stereocenters. The first-order valence-electron chi connectivity index (χ1n) is 5.91. The third kappa shape index (κ3) is 2.65. The fourth-order valence-electron chi connectivity index (χ4n) is 1.89. The maximum absolute atomic E-state index is 13.2. The smallest absolute Gasteiger partial charge is 0.288 e. The van der Waals surface area contributed by atoms with Gasteiger partial charge < -0.3 is 4.74 Å². The van der Waals surface area contributed by atoms with Gasteiger partial charge in [0.1, 0.15) is 5.69 Å². The zero-order chi connectivity index (χ0) is 12.6. The summed E-state index contributed by atoms with van der Waals surface area (Å²) in [6, 6.07) is 1.52. The van der Waals surface area contributed by atoms with E-state index in [9.17, 15) is 8.78 Å². The van der Waals surface area contributed by atoms with Crippen LogP contribution in [0.2, 0.25) is 0 Å². The van der Waals surface area contributed by atoms with Crippen molar-refractivity contribution in [1.29, 1.82) is 0 Å². The second-order valence-corrected chi connectivity index (χ2v) is 5.08. The molecule has 3 nitrogen and oxygen atoms in total. The maximum Gasteiger partial charge on any atom is 0.288 e. The molecule has 1 aromatic heterocycles. The Bertz CT molecular complexity index is 392. The number of nitrogens with zero attached hydrogens (tertiary/aromatic N) is 2. The van der Waals surface area contributed by atoms with E-state index in [1.807, 2.05) is 13.8 Å². The molecule has 0 spiro atoms. The van der Waals surface area contributed by atoms with Gasteiger partial charge in [0.05, 0.1) is 13.2 Å². The van der Waals surface area contributed by atoms with E-state index in [-0.39, 0.29) is 11.6 Å². The molecule has 1 saturated heterocycles. The van der Waals surface area contributed by atoms with Gasteiger partial charge >= 0.3 is 0 Å². The van der Waals surface area contributed by atoms with Crippen molar-refractivity contribution < 1.29 is 13.5 Å². The van der Waals surface area contributed by atoms with Crippen LogP contribution in [0.4, 0.5) is 8.78 Å². The monoisotopic (exact) mass is 244 g/mol. The largest absolute Gasteiger partial charge is 0.381 e. The Hall–Kier alpha value is -0.970. The molecule has 0 amide bonds. The predicted molar refractivity (Wildman–Crippen MR) is 60.2 cm³/mol. The third-order valence-corrected chi connectivity index (χ3v) is 2.99. The number of aromatic nitrogens is 2. The van der Waals surface area contributed by atoms with Crippen LogP contribution in [0.25, 0.3) is 0 Å². The van der Waals surface area contributed by atoms with E-state index in [4.69, 9.17) is 4.74 Å². The molecule has 1 aromatic rings. The van der Waals surface area contributed by atoms with Crippen LogP contribution in [0.15, 0.2) is 6.07 Å². The van der Waals surface area contributed by atoms with Gasteiger partial charge in [-0.05, 0) is 12.0 Å². The van der Waals surface area contributed by atoms with Crippen molar-refractivity contribution in [3.8, 4) is 0 Å². The van der Waals surface area contributed by atoms with E-state index in [0.29, 0.717) is 25.7 Å². The third-order valence-electron chi connectivity index (χ3n) is 2.99. The van der Waals surface area contributed by atoms with Gasteiger partial charge in [-0.3, -0.25) is 4.68 Å². The molecule has 5 heteroatoms. The number of hydrogen-bond donors (Lipinski definition) is 0. The molecule has 1 aliphatic rings. The number of halogens is 2. The van der Waals surface area contributed by atoms with Gasteiger partial charge in [-0.2, -0.15) is 13.9 Å². The molecular formula is C12H18F2N2O. The summed E-state index contributed by atoms with van der Waals surface area (Å²) >= 11 is 0. The summed E-state index contributed by atoms with van der Waals surface area (Å²) in [5.41, 5.74) is 0.731. The quantitative estimate of drug-likeness (QED) is 0.814. The second-order valence-electron chi connectivity index (χ2n) is 5.08. The van der Waals surface area contributed by atoms with E-state index in [2.05, 4.69) is 5.10 Å². The van der Waals surface area contributed by atoms with Gasteiger partial charge in [0.2, 0.25) is 0 Å². The lowest BCUT2D eigenvalue weighted by molar-refractivity contribution is -0.0417. The summed E-state index contributed by atoms with van der Waals surface area (Å²) in [7, 11) is 0. The normalized spacial score (nSPS) is 17.5. The molecular weight excluding hydrogens is 226 g/mol. The van der Waals surface area contributed by atoms with Crippen LogP contribution in [0.5, 0.6) is 0 Å². The van der Waals surface area contributed by atoms with Gasteiger partial charge in [0.25, 0.3) is 5.92 Å². The first-order chi connectivity index (χ1) is 7.88. The number of ether oxygens (including phenoxy) is 1. The molecule has 0 aromatic carbocycles. The van der Waals surface area contributed by atoms with Crippen LogP contribution < -0.4 is 0 Å². The van der Waals surface area contributed by atoms with Gasteiger partial charge in [-0.15, -0.1) is 0 Å². The summed E-state index contributed by atoms with van der Waals surface area (Å²) in [4.78, 5) is 0. The fourth-order valence-corrected chi connectivity index (χ4v) is 1.89. The van der Waals surface area contributed by atoms with Crippen molar-refractivity contribution in [2.75, 3.05) is 13.2 Å². The predicted octanol–water partition coefficient (Wildman–Crippen LogP) is 2.76. The van der Waals surface area contributed by atoms with Crippen molar-refractivity contribution in [3.63, 3.8) is 0 Å². The zero-order valence-corrected chi connectivity index (χ0v) is 10.4. The van der Waals surface area contributed by atoms with Crippen LogP contribution >= 0.6 is 0 Å². The highest BCUT2D eigenvalue weighted by molar-refractivity contribution is 5.17. The molecule has 0 atom stereocenters. The summed E-state index contributed by atoms with van der Waals surface area (Å²) < 4.78 is 33.3. The highest BCUT2D eigenvalue weighted by atomic mass is 19.3. The highest BCUT2D eigenvalue weighted by Gasteiger charge is 2.30. The lowest BCUT2D eigenvalue weighted by Gasteiger charge is -2.26. The molecule has 0 N–H and O–H groups in total. The molecule has 0 saturated carbocycles. The lowest BCUT2D eigenvalue weighted by atomic mass is 10.1. The Morgan fingerprint density at radius 2 is 2.18 bits per heavy atom. The second kappa shape index (κ2) is 4.37. The Labute approximate surface area is 99.8 Å². The first-order valence-corrected chi connectivity index (χ1v) is 5.91. The molecule has 0 bridgehead atoms. The number of rotatable bonds is 4. The average Bonchev–Trinajstić information content (AvgIpc) is 2.54. The Morgan fingerprint density at radius 1 is 1.53 bits per heavy atom. The van der Waals surface area contributed by atoms with E-state index < -0.39 is 5.92 Å². The summed E-state index contributed by atoms with van der Waals surface area (Å²) in [5.74, 6) is -2.27. The van der Waals surface area contributed by atoms with Gasteiger partial charge in [0, 0.05) is 25.1 Å². The molecule has 0 aliphatic carbocycles. The fraction of sp³-hybridized carbons (Fsp3) is 0.750. The SMILES string of the molecule is CC(C)c1cc(C(C)(F)F)nn1CC1COC1. The molecule has 1 aliphatic heterocycles.